The number of unbranched alkanes of at least 4 members (excludes halogenated alkanes) is 1. The van der Waals surface area contributed by atoms with E-state index in [4.69, 9.17) is 14.2 Å². The maximum atomic E-state index is 11.7. The second kappa shape index (κ2) is 11.3. The molecule has 24 heavy (non-hydrogen) atoms. The van der Waals surface area contributed by atoms with Crippen molar-refractivity contribution in [2.75, 3.05) is 20.3 Å². The summed E-state index contributed by atoms with van der Waals surface area (Å²) in [7, 11) is 1.59. The van der Waals surface area contributed by atoms with E-state index in [-0.39, 0.29) is 24.7 Å². The minimum atomic E-state index is -0.358. The summed E-state index contributed by atoms with van der Waals surface area (Å²) in [5, 5.41) is 2.78. The van der Waals surface area contributed by atoms with Crippen molar-refractivity contribution in [2.24, 2.45) is 0 Å². The fourth-order valence-electron chi connectivity index (χ4n) is 2.01. The van der Waals surface area contributed by atoms with Crippen LogP contribution in [0.2, 0.25) is 0 Å². The quantitative estimate of drug-likeness (QED) is 0.496. The molecule has 0 aromatic heterocycles. The summed E-state index contributed by atoms with van der Waals surface area (Å²) < 4.78 is 15.8. The number of nitrogens with one attached hydrogen (secondary N) is 1. The number of amides is 1. The molecule has 0 saturated heterocycles. The van der Waals surface area contributed by atoms with Crippen LogP contribution >= 0.6 is 0 Å². The molecule has 0 atom stereocenters. The summed E-state index contributed by atoms with van der Waals surface area (Å²) >= 11 is 0. The molecular weight excluding hydrogens is 310 g/mol. The van der Waals surface area contributed by atoms with Gasteiger partial charge in [0.1, 0.15) is 0 Å². The van der Waals surface area contributed by atoms with Crippen LogP contribution in [0.25, 0.3) is 0 Å². The van der Waals surface area contributed by atoms with Crippen molar-refractivity contribution < 1.29 is 23.8 Å². The lowest BCUT2D eigenvalue weighted by atomic mass is 10.2. The van der Waals surface area contributed by atoms with E-state index in [1.807, 2.05) is 18.2 Å². The molecule has 0 fully saturated rings. The number of hydrogen-bond acceptors (Lipinski definition) is 5. The summed E-state index contributed by atoms with van der Waals surface area (Å²) in [6.07, 6.45) is 2.26. The Kier molecular flexibility index (Phi) is 9.34. The van der Waals surface area contributed by atoms with E-state index in [0.29, 0.717) is 31.3 Å². The molecule has 0 spiro atoms. The number of rotatable bonds is 11. The molecule has 134 valence electrons. The van der Waals surface area contributed by atoms with E-state index in [9.17, 15) is 9.59 Å². The molecule has 1 N–H and O–H groups in total. The molecule has 0 aliphatic heterocycles. The molecular formula is C18H27NO5. The van der Waals surface area contributed by atoms with Gasteiger partial charge >= 0.3 is 5.97 Å². The van der Waals surface area contributed by atoms with Crippen LogP contribution in [-0.4, -0.2) is 32.2 Å². The van der Waals surface area contributed by atoms with Crippen LogP contribution in [-0.2, 0) is 20.9 Å². The number of carbonyl (C=O) groups is 2. The Bertz CT molecular complexity index is 530. The van der Waals surface area contributed by atoms with Crippen LogP contribution in [0.4, 0.5) is 0 Å². The minimum Gasteiger partial charge on any atom is -0.493 e. The zero-order valence-electron chi connectivity index (χ0n) is 14.7. The van der Waals surface area contributed by atoms with Crippen molar-refractivity contribution in [1.82, 2.24) is 5.32 Å². The predicted octanol–water partition coefficient (Wildman–Crippen LogP) is 2.83. The average Bonchev–Trinajstić information content (AvgIpc) is 2.59. The molecule has 6 nitrogen and oxygen atoms in total. The highest BCUT2D eigenvalue weighted by Gasteiger charge is 2.09. The smallest absolute Gasteiger partial charge is 0.306 e. The second-order valence-corrected chi connectivity index (χ2v) is 5.27. The molecule has 0 heterocycles. The Morgan fingerprint density at radius 2 is 1.92 bits per heavy atom. The monoisotopic (exact) mass is 337 g/mol. The van der Waals surface area contributed by atoms with Crippen LogP contribution in [0, 0.1) is 0 Å². The lowest BCUT2D eigenvalue weighted by molar-refractivity contribution is -0.144. The Morgan fingerprint density at radius 1 is 1.12 bits per heavy atom. The van der Waals surface area contributed by atoms with Crippen molar-refractivity contribution in [3.8, 4) is 11.5 Å². The number of hydrogen-bond donors (Lipinski definition) is 1. The highest BCUT2D eigenvalue weighted by Crippen LogP contribution is 2.28. The molecule has 1 aromatic rings. The van der Waals surface area contributed by atoms with Crippen LogP contribution < -0.4 is 14.8 Å². The van der Waals surface area contributed by atoms with E-state index in [2.05, 4.69) is 12.2 Å². The van der Waals surface area contributed by atoms with E-state index < -0.39 is 0 Å². The lowest BCUT2D eigenvalue weighted by Crippen LogP contribution is -2.23. The normalized spacial score (nSPS) is 10.1. The van der Waals surface area contributed by atoms with Gasteiger partial charge in [0.05, 0.1) is 26.7 Å². The highest BCUT2D eigenvalue weighted by molar-refractivity contribution is 5.81. The van der Waals surface area contributed by atoms with Gasteiger partial charge in [-0.3, -0.25) is 9.59 Å². The summed E-state index contributed by atoms with van der Waals surface area (Å²) in [6.45, 7) is 5.19. The highest BCUT2D eigenvalue weighted by atomic mass is 16.5. The van der Waals surface area contributed by atoms with E-state index in [1.54, 1.807) is 14.0 Å². The first kappa shape index (κ1) is 19.8. The van der Waals surface area contributed by atoms with Crippen molar-refractivity contribution >= 4 is 11.9 Å². The molecule has 0 aliphatic carbocycles. The van der Waals surface area contributed by atoms with Gasteiger partial charge in [-0.1, -0.05) is 19.4 Å². The van der Waals surface area contributed by atoms with Crippen LogP contribution in [0.5, 0.6) is 11.5 Å². The fourth-order valence-corrected chi connectivity index (χ4v) is 2.01. The van der Waals surface area contributed by atoms with E-state index >= 15 is 0 Å². The molecule has 1 amide bonds. The number of carbonyl (C=O) groups excluding carboxylic acids is 2. The van der Waals surface area contributed by atoms with Crippen molar-refractivity contribution in [3.63, 3.8) is 0 Å². The zero-order valence-corrected chi connectivity index (χ0v) is 14.7. The molecule has 0 aliphatic rings. The van der Waals surface area contributed by atoms with Crippen molar-refractivity contribution in [3.05, 3.63) is 23.8 Å². The third-order valence-electron chi connectivity index (χ3n) is 3.33. The van der Waals surface area contributed by atoms with Gasteiger partial charge in [0.15, 0.2) is 11.5 Å². The Morgan fingerprint density at radius 3 is 2.58 bits per heavy atom. The number of methoxy groups -OCH3 is 1. The van der Waals surface area contributed by atoms with Crippen LogP contribution in [0.1, 0.15) is 45.1 Å². The zero-order chi connectivity index (χ0) is 17.8. The largest absolute Gasteiger partial charge is 0.493 e. The summed E-state index contributed by atoms with van der Waals surface area (Å²) in [5.41, 5.74) is 0.902. The Hall–Kier alpha value is -2.24. The fraction of sp³-hybridized carbons (Fsp3) is 0.556. The third kappa shape index (κ3) is 7.35. The van der Waals surface area contributed by atoms with Gasteiger partial charge in [0, 0.05) is 13.0 Å². The summed E-state index contributed by atoms with van der Waals surface area (Å²) in [5.74, 6) is 0.793. The van der Waals surface area contributed by atoms with Gasteiger partial charge in [-0.05, 0) is 31.0 Å². The summed E-state index contributed by atoms with van der Waals surface area (Å²) in [6, 6.07) is 5.57. The second-order valence-electron chi connectivity index (χ2n) is 5.27. The van der Waals surface area contributed by atoms with Crippen LogP contribution in [0.15, 0.2) is 18.2 Å². The van der Waals surface area contributed by atoms with Crippen LogP contribution in [0.3, 0.4) is 0 Å². The van der Waals surface area contributed by atoms with Gasteiger partial charge in [0.25, 0.3) is 0 Å². The first-order valence-electron chi connectivity index (χ1n) is 8.32. The standard InChI is InChI=1S/C18H27NO5/c1-4-6-11-24-15-8-7-14(12-16(15)22-3)13-19-17(20)9-10-18(21)23-5-2/h7-8,12H,4-6,9-11,13H2,1-3H3,(H,19,20). The third-order valence-corrected chi connectivity index (χ3v) is 3.33. The van der Waals surface area contributed by atoms with Gasteiger partial charge in [-0.25, -0.2) is 0 Å². The topological polar surface area (TPSA) is 73.9 Å². The molecule has 0 bridgehead atoms. The van der Waals surface area contributed by atoms with E-state index in [0.717, 1.165) is 18.4 Å². The van der Waals surface area contributed by atoms with Gasteiger partial charge in [-0.15, -0.1) is 0 Å². The lowest BCUT2D eigenvalue weighted by Gasteiger charge is -2.12. The van der Waals surface area contributed by atoms with Crippen molar-refractivity contribution in [1.29, 1.82) is 0 Å². The van der Waals surface area contributed by atoms with E-state index in [1.165, 1.54) is 0 Å². The van der Waals surface area contributed by atoms with Gasteiger partial charge in [-0.2, -0.15) is 0 Å². The SMILES string of the molecule is CCCCOc1ccc(CNC(=O)CCC(=O)OCC)cc1OC. The predicted molar refractivity (Wildman–Crippen MR) is 91.1 cm³/mol. The molecule has 0 radical (unpaired) electrons. The Balaban J connectivity index is 2.47. The number of esters is 1. The number of benzene rings is 1. The first-order valence-corrected chi connectivity index (χ1v) is 8.32. The first-order chi connectivity index (χ1) is 11.6. The average molecular weight is 337 g/mol. The molecule has 1 aromatic carbocycles. The Labute approximate surface area is 143 Å². The molecule has 6 heteroatoms. The maximum absolute atomic E-state index is 11.7. The molecule has 0 saturated carbocycles. The molecule has 1 rings (SSSR count). The maximum Gasteiger partial charge on any atom is 0.306 e. The summed E-state index contributed by atoms with van der Waals surface area (Å²) in [4.78, 5) is 23.0. The van der Waals surface area contributed by atoms with Crippen molar-refractivity contribution in [2.45, 2.75) is 46.1 Å². The van der Waals surface area contributed by atoms with Gasteiger partial charge in [0.2, 0.25) is 5.91 Å². The van der Waals surface area contributed by atoms with Gasteiger partial charge < -0.3 is 19.5 Å². The molecule has 0 unspecified atom stereocenters. The minimum absolute atomic E-state index is 0.0905. The number of ether oxygens (including phenoxy) is 3.